The molecular formula is C16H18O2. The zero-order valence-electron chi connectivity index (χ0n) is 11.0. The molecule has 0 saturated heterocycles. The molecule has 2 heteroatoms. The molecule has 2 rings (SSSR count). The van der Waals surface area contributed by atoms with Crippen LogP contribution in [0.15, 0.2) is 36.4 Å². The number of methoxy groups -OCH3 is 1. The van der Waals surface area contributed by atoms with Gasteiger partial charge in [0, 0.05) is 5.56 Å². The van der Waals surface area contributed by atoms with Gasteiger partial charge >= 0.3 is 0 Å². The van der Waals surface area contributed by atoms with Gasteiger partial charge in [-0.2, -0.15) is 0 Å². The van der Waals surface area contributed by atoms with E-state index in [1.807, 2.05) is 18.2 Å². The van der Waals surface area contributed by atoms with Crippen LogP contribution in [-0.2, 0) is 6.61 Å². The third-order valence-corrected chi connectivity index (χ3v) is 3.15. The largest absolute Gasteiger partial charge is 0.496 e. The molecule has 2 nitrogen and oxygen atoms in total. The summed E-state index contributed by atoms with van der Waals surface area (Å²) in [6.07, 6.45) is 0. The van der Waals surface area contributed by atoms with Crippen LogP contribution in [0.2, 0.25) is 0 Å². The van der Waals surface area contributed by atoms with Crippen LogP contribution in [0.5, 0.6) is 5.75 Å². The monoisotopic (exact) mass is 242 g/mol. The van der Waals surface area contributed by atoms with E-state index in [0.29, 0.717) is 0 Å². The minimum absolute atomic E-state index is 0.0137. The standard InChI is InChI=1S/C16H18O2/c1-11-7-8-14(12(2)9-11)16-13(10-17)5-4-6-15(16)18-3/h4-9,17H,10H2,1-3H3. The number of hydrogen-bond donors (Lipinski definition) is 1. The van der Waals surface area contributed by atoms with Gasteiger partial charge in [-0.15, -0.1) is 0 Å². The number of aryl methyl sites for hydroxylation is 2. The second kappa shape index (κ2) is 5.23. The van der Waals surface area contributed by atoms with E-state index in [1.165, 1.54) is 11.1 Å². The van der Waals surface area contributed by atoms with Gasteiger partial charge in [0.15, 0.2) is 0 Å². The molecule has 0 amide bonds. The van der Waals surface area contributed by atoms with Crippen molar-refractivity contribution in [1.29, 1.82) is 0 Å². The maximum Gasteiger partial charge on any atom is 0.127 e. The van der Waals surface area contributed by atoms with Crippen molar-refractivity contribution in [3.63, 3.8) is 0 Å². The number of aliphatic hydroxyl groups excluding tert-OH is 1. The molecule has 18 heavy (non-hydrogen) atoms. The lowest BCUT2D eigenvalue weighted by Crippen LogP contribution is -1.96. The molecular weight excluding hydrogens is 224 g/mol. The molecule has 0 aliphatic carbocycles. The normalized spacial score (nSPS) is 10.4. The Morgan fingerprint density at radius 2 is 1.89 bits per heavy atom. The summed E-state index contributed by atoms with van der Waals surface area (Å²) in [6, 6.07) is 12.1. The molecule has 0 bridgehead atoms. The summed E-state index contributed by atoms with van der Waals surface area (Å²) in [5.41, 5.74) is 5.41. The quantitative estimate of drug-likeness (QED) is 0.893. The lowest BCUT2D eigenvalue weighted by atomic mass is 9.94. The lowest BCUT2D eigenvalue weighted by molar-refractivity contribution is 0.281. The first-order valence-electron chi connectivity index (χ1n) is 6.01. The van der Waals surface area contributed by atoms with Gasteiger partial charge in [-0.3, -0.25) is 0 Å². The first-order chi connectivity index (χ1) is 8.67. The van der Waals surface area contributed by atoms with Crippen LogP contribution in [0.3, 0.4) is 0 Å². The molecule has 0 aliphatic rings. The average molecular weight is 242 g/mol. The van der Waals surface area contributed by atoms with Crippen LogP contribution in [0.4, 0.5) is 0 Å². The minimum atomic E-state index is 0.0137. The van der Waals surface area contributed by atoms with Gasteiger partial charge in [-0.25, -0.2) is 0 Å². The van der Waals surface area contributed by atoms with E-state index in [1.54, 1.807) is 7.11 Å². The number of aliphatic hydroxyl groups is 1. The second-order valence-corrected chi connectivity index (χ2v) is 4.47. The van der Waals surface area contributed by atoms with E-state index < -0.39 is 0 Å². The van der Waals surface area contributed by atoms with Crippen molar-refractivity contribution < 1.29 is 9.84 Å². The van der Waals surface area contributed by atoms with Gasteiger partial charge in [0.2, 0.25) is 0 Å². The van der Waals surface area contributed by atoms with Gasteiger partial charge in [0.1, 0.15) is 5.75 Å². The van der Waals surface area contributed by atoms with E-state index in [2.05, 4.69) is 32.0 Å². The molecule has 0 aliphatic heterocycles. The maximum absolute atomic E-state index is 9.49. The zero-order valence-corrected chi connectivity index (χ0v) is 11.0. The van der Waals surface area contributed by atoms with Gasteiger partial charge in [-0.1, -0.05) is 35.9 Å². The predicted molar refractivity (Wildman–Crippen MR) is 73.8 cm³/mol. The van der Waals surface area contributed by atoms with E-state index in [9.17, 15) is 5.11 Å². The molecule has 0 radical (unpaired) electrons. The van der Waals surface area contributed by atoms with Gasteiger partial charge < -0.3 is 9.84 Å². The highest BCUT2D eigenvalue weighted by molar-refractivity contribution is 5.76. The smallest absolute Gasteiger partial charge is 0.127 e. The fraction of sp³-hybridized carbons (Fsp3) is 0.250. The molecule has 0 atom stereocenters. The van der Waals surface area contributed by atoms with Crippen molar-refractivity contribution in [2.45, 2.75) is 20.5 Å². The Balaban J connectivity index is 2.68. The van der Waals surface area contributed by atoms with Crippen molar-refractivity contribution in [3.05, 3.63) is 53.1 Å². The molecule has 0 spiro atoms. The summed E-state index contributed by atoms with van der Waals surface area (Å²) in [4.78, 5) is 0. The van der Waals surface area contributed by atoms with Gasteiger partial charge in [0.25, 0.3) is 0 Å². The average Bonchev–Trinajstić information content (AvgIpc) is 2.38. The van der Waals surface area contributed by atoms with Crippen LogP contribution in [0.25, 0.3) is 11.1 Å². The molecule has 0 unspecified atom stereocenters. The molecule has 1 N–H and O–H groups in total. The van der Waals surface area contributed by atoms with Crippen molar-refractivity contribution in [2.24, 2.45) is 0 Å². The van der Waals surface area contributed by atoms with E-state index >= 15 is 0 Å². The summed E-state index contributed by atoms with van der Waals surface area (Å²) in [5.74, 6) is 0.800. The molecule has 94 valence electrons. The van der Waals surface area contributed by atoms with Crippen LogP contribution in [0, 0.1) is 13.8 Å². The van der Waals surface area contributed by atoms with Crippen molar-refractivity contribution in [2.75, 3.05) is 7.11 Å². The van der Waals surface area contributed by atoms with Crippen molar-refractivity contribution >= 4 is 0 Å². The summed E-state index contributed by atoms with van der Waals surface area (Å²) in [7, 11) is 1.66. The minimum Gasteiger partial charge on any atom is -0.496 e. The van der Waals surface area contributed by atoms with E-state index in [-0.39, 0.29) is 6.61 Å². The van der Waals surface area contributed by atoms with E-state index in [0.717, 1.165) is 22.4 Å². The summed E-state index contributed by atoms with van der Waals surface area (Å²) < 4.78 is 5.42. The number of hydrogen-bond acceptors (Lipinski definition) is 2. The Kier molecular flexibility index (Phi) is 3.68. The molecule has 0 heterocycles. The van der Waals surface area contributed by atoms with E-state index in [4.69, 9.17) is 4.74 Å². The SMILES string of the molecule is COc1cccc(CO)c1-c1ccc(C)cc1C. The number of ether oxygens (including phenoxy) is 1. The van der Waals surface area contributed by atoms with Crippen LogP contribution >= 0.6 is 0 Å². The predicted octanol–water partition coefficient (Wildman–Crippen LogP) is 3.47. The van der Waals surface area contributed by atoms with Gasteiger partial charge in [0.05, 0.1) is 13.7 Å². The molecule has 0 aromatic heterocycles. The van der Waals surface area contributed by atoms with Crippen LogP contribution in [0.1, 0.15) is 16.7 Å². The first kappa shape index (κ1) is 12.7. The Labute approximate surface area is 108 Å². The Morgan fingerprint density at radius 1 is 1.11 bits per heavy atom. The molecule has 2 aromatic rings. The number of rotatable bonds is 3. The van der Waals surface area contributed by atoms with Gasteiger partial charge in [-0.05, 0) is 36.6 Å². The van der Waals surface area contributed by atoms with Crippen LogP contribution < -0.4 is 4.74 Å². The third kappa shape index (κ3) is 2.24. The highest BCUT2D eigenvalue weighted by Crippen LogP contribution is 2.35. The third-order valence-electron chi connectivity index (χ3n) is 3.15. The Bertz CT molecular complexity index is 537. The Morgan fingerprint density at radius 3 is 2.50 bits per heavy atom. The second-order valence-electron chi connectivity index (χ2n) is 4.47. The maximum atomic E-state index is 9.49. The highest BCUT2D eigenvalue weighted by Gasteiger charge is 2.12. The fourth-order valence-electron chi connectivity index (χ4n) is 2.28. The highest BCUT2D eigenvalue weighted by atomic mass is 16.5. The molecule has 0 saturated carbocycles. The fourth-order valence-corrected chi connectivity index (χ4v) is 2.28. The lowest BCUT2D eigenvalue weighted by Gasteiger charge is -2.15. The summed E-state index contributed by atoms with van der Waals surface area (Å²) in [6.45, 7) is 4.17. The molecule has 0 fully saturated rings. The van der Waals surface area contributed by atoms with Crippen LogP contribution in [-0.4, -0.2) is 12.2 Å². The zero-order chi connectivity index (χ0) is 13.1. The topological polar surface area (TPSA) is 29.5 Å². The molecule has 2 aromatic carbocycles. The Hall–Kier alpha value is -1.80. The summed E-state index contributed by atoms with van der Waals surface area (Å²) >= 11 is 0. The number of benzene rings is 2. The summed E-state index contributed by atoms with van der Waals surface area (Å²) in [5, 5.41) is 9.49. The van der Waals surface area contributed by atoms with Crippen molar-refractivity contribution in [1.82, 2.24) is 0 Å². The first-order valence-corrected chi connectivity index (χ1v) is 6.01. The van der Waals surface area contributed by atoms with Crippen molar-refractivity contribution in [3.8, 4) is 16.9 Å².